The van der Waals surface area contributed by atoms with Crippen molar-refractivity contribution < 1.29 is 9.59 Å². The molecule has 2 aliphatic rings. The molecule has 0 spiro atoms. The second kappa shape index (κ2) is 6.23. The number of urea groups is 1. The third-order valence-electron chi connectivity index (χ3n) is 4.95. The number of hydrogen-bond acceptors (Lipinski definition) is 3. The fraction of sp³-hybridized carbons (Fsp3) is 0.389. The molecule has 0 aliphatic carbocycles. The summed E-state index contributed by atoms with van der Waals surface area (Å²) in [5.41, 5.74) is 4.51. The van der Waals surface area contributed by atoms with Gasteiger partial charge in [-0.25, -0.2) is 4.79 Å². The lowest BCUT2D eigenvalue weighted by Gasteiger charge is -2.23. The van der Waals surface area contributed by atoms with Crippen LogP contribution in [0.2, 0.25) is 0 Å². The molecular formula is C18H21N5O2. The second-order valence-corrected chi connectivity index (χ2v) is 6.50. The molecule has 1 unspecified atom stereocenters. The Labute approximate surface area is 146 Å². The molecule has 7 nitrogen and oxygen atoms in total. The summed E-state index contributed by atoms with van der Waals surface area (Å²) in [6.07, 6.45) is 1.54. The van der Waals surface area contributed by atoms with E-state index >= 15 is 0 Å². The maximum atomic E-state index is 12.7. The van der Waals surface area contributed by atoms with Crippen LogP contribution in [-0.4, -0.2) is 52.3 Å². The minimum absolute atomic E-state index is 0.0135. The van der Waals surface area contributed by atoms with Crippen LogP contribution in [0.5, 0.6) is 0 Å². The molecule has 1 fully saturated rings. The maximum absolute atomic E-state index is 12.7. The summed E-state index contributed by atoms with van der Waals surface area (Å²) in [6.45, 7) is 1.65. The van der Waals surface area contributed by atoms with Gasteiger partial charge in [-0.05, 0) is 6.42 Å². The van der Waals surface area contributed by atoms with E-state index in [1.165, 1.54) is 11.3 Å². The Bertz CT molecular complexity index is 814. The van der Waals surface area contributed by atoms with Crippen LogP contribution in [0.4, 0.5) is 4.79 Å². The fourth-order valence-electron chi connectivity index (χ4n) is 3.65. The van der Waals surface area contributed by atoms with Crippen molar-refractivity contribution >= 4 is 11.9 Å². The standard InChI is InChI=1S/C18H21N5O2/c1-22-15-8-10-23(17(24)14-11-19-18(25)20-14)9-7-13(15)16(21-22)12-5-3-2-4-6-12/h2-6,14H,7-11H2,1H3,(H2,19,20,25). The van der Waals surface area contributed by atoms with Crippen LogP contribution in [0.25, 0.3) is 11.3 Å². The third-order valence-corrected chi connectivity index (χ3v) is 4.95. The van der Waals surface area contributed by atoms with E-state index in [4.69, 9.17) is 5.10 Å². The summed E-state index contributed by atoms with van der Waals surface area (Å²) >= 11 is 0. The molecule has 0 saturated carbocycles. The Balaban J connectivity index is 1.56. The molecule has 2 aromatic rings. The first-order valence-corrected chi connectivity index (χ1v) is 8.57. The fourth-order valence-corrected chi connectivity index (χ4v) is 3.65. The average Bonchev–Trinajstić information content (AvgIpc) is 3.11. The number of rotatable bonds is 2. The third kappa shape index (κ3) is 2.86. The highest BCUT2D eigenvalue weighted by molar-refractivity contribution is 5.90. The minimum atomic E-state index is -0.458. The Hall–Kier alpha value is -2.83. The van der Waals surface area contributed by atoms with Gasteiger partial charge in [-0.2, -0.15) is 5.10 Å². The monoisotopic (exact) mass is 339 g/mol. The lowest BCUT2D eigenvalue weighted by molar-refractivity contribution is -0.132. The first-order valence-electron chi connectivity index (χ1n) is 8.57. The molecule has 0 bridgehead atoms. The summed E-state index contributed by atoms with van der Waals surface area (Å²) in [4.78, 5) is 25.8. The highest BCUT2D eigenvalue weighted by atomic mass is 16.2. The summed E-state index contributed by atoms with van der Waals surface area (Å²) in [6, 6.07) is 9.42. The van der Waals surface area contributed by atoms with Gasteiger partial charge < -0.3 is 15.5 Å². The highest BCUT2D eigenvalue weighted by Crippen LogP contribution is 2.28. The molecule has 2 aliphatic heterocycles. The van der Waals surface area contributed by atoms with Crippen LogP contribution < -0.4 is 10.6 Å². The van der Waals surface area contributed by atoms with Crippen LogP contribution in [0.15, 0.2) is 30.3 Å². The van der Waals surface area contributed by atoms with Crippen LogP contribution in [0.3, 0.4) is 0 Å². The zero-order valence-corrected chi connectivity index (χ0v) is 14.2. The summed E-state index contributed by atoms with van der Waals surface area (Å²) < 4.78 is 1.94. The first-order chi connectivity index (χ1) is 12.1. The number of aryl methyl sites for hydroxylation is 1. The number of hydrogen-bond donors (Lipinski definition) is 2. The molecule has 130 valence electrons. The molecule has 1 atom stereocenters. The molecule has 2 N–H and O–H groups in total. The van der Waals surface area contributed by atoms with Crippen molar-refractivity contribution in [2.24, 2.45) is 7.05 Å². The van der Waals surface area contributed by atoms with E-state index in [1.54, 1.807) is 0 Å². The van der Waals surface area contributed by atoms with Crippen LogP contribution in [0, 0.1) is 0 Å². The zero-order chi connectivity index (χ0) is 17.4. The summed E-state index contributed by atoms with van der Waals surface area (Å²) in [5, 5.41) is 10.0. The zero-order valence-electron chi connectivity index (χ0n) is 14.2. The van der Waals surface area contributed by atoms with Gasteiger partial charge in [-0.15, -0.1) is 0 Å². The van der Waals surface area contributed by atoms with Crippen molar-refractivity contribution in [3.63, 3.8) is 0 Å². The van der Waals surface area contributed by atoms with Gasteiger partial charge in [0.1, 0.15) is 6.04 Å². The second-order valence-electron chi connectivity index (χ2n) is 6.50. The van der Waals surface area contributed by atoms with Crippen molar-refractivity contribution in [1.29, 1.82) is 0 Å². The van der Waals surface area contributed by atoms with Gasteiger partial charge in [0.2, 0.25) is 5.91 Å². The van der Waals surface area contributed by atoms with E-state index in [-0.39, 0.29) is 11.9 Å². The van der Waals surface area contributed by atoms with E-state index < -0.39 is 6.04 Å². The largest absolute Gasteiger partial charge is 0.340 e. The first kappa shape index (κ1) is 15.7. The maximum Gasteiger partial charge on any atom is 0.315 e. The molecule has 1 saturated heterocycles. The van der Waals surface area contributed by atoms with Crippen LogP contribution in [-0.2, 0) is 24.7 Å². The van der Waals surface area contributed by atoms with Gasteiger partial charge in [0.15, 0.2) is 0 Å². The summed E-state index contributed by atoms with van der Waals surface area (Å²) in [5.74, 6) is -0.0135. The lowest BCUT2D eigenvalue weighted by Crippen LogP contribution is -2.46. The molecule has 1 aromatic heterocycles. The van der Waals surface area contributed by atoms with E-state index in [0.29, 0.717) is 19.6 Å². The topological polar surface area (TPSA) is 79.3 Å². The molecule has 1 aromatic carbocycles. The number of carbonyl (C=O) groups is 2. The Kier molecular flexibility index (Phi) is 3.91. The van der Waals surface area contributed by atoms with Crippen molar-refractivity contribution in [3.8, 4) is 11.3 Å². The van der Waals surface area contributed by atoms with Gasteiger partial charge in [0.05, 0.1) is 5.69 Å². The molecule has 4 rings (SSSR count). The van der Waals surface area contributed by atoms with E-state index in [2.05, 4.69) is 22.8 Å². The van der Waals surface area contributed by atoms with Crippen LogP contribution in [0.1, 0.15) is 11.3 Å². The molecule has 25 heavy (non-hydrogen) atoms. The SMILES string of the molecule is Cn1nc(-c2ccccc2)c2c1CCN(C(=O)C1CNC(=O)N1)CC2. The highest BCUT2D eigenvalue weighted by Gasteiger charge is 2.32. The van der Waals surface area contributed by atoms with Crippen molar-refractivity contribution in [2.45, 2.75) is 18.9 Å². The van der Waals surface area contributed by atoms with Crippen LogP contribution >= 0.6 is 0 Å². The van der Waals surface area contributed by atoms with E-state index in [1.807, 2.05) is 34.8 Å². The quantitative estimate of drug-likeness (QED) is 0.845. The number of benzene rings is 1. The van der Waals surface area contributed by atoms with E-state index in [0.717, 1.165) is 24.1 Å². The molecule has 7 heteroatoms. The van der Waals surface area contributed by atoms with Crippen molar-refractivity contribution in [3.05, 3.63) is 41.6 Å². The van der Waals surface area contributed by atoms with Gasteiger partial charge in [0, 0.05) is 49.9 Å². The molecule has 0 radical (unpaired) electrons. The number of aromatic nitrogens is 2. The van der Waals surface area contributed by atoms with Gasteiger partial charge in [0.25, 0.3) is 0 Å². The number of nitrogens with zero attached hydrogens (tertiary/aromatic N) is 3. The van der Waals surface area contributed by atoms with E-state index in [9.17, 15) is 9.59 Å². The Morgan fingerprint density at radius 3 is 2.68 bits per heavy atom. The lowest BCUT2D eigenvalue weighted by atomic mass is 10.0. The summed E-state index contributed by atoms with van der Waals surface area (Å²) in [7, 11) is 1.96. The van der Waals surface area contributed by atoms with Gasteiger partial charge >= 0.3 is 6.03 Å². The van der Waals surface area contributed by atoms with Crippen molar-refractivity contribution in [1.82, 2.24) is 25.3 Å². The number of amides is 3. The molecule has 3 heterocycles. The van der Waals surface area contributed by atoms with Crippen molar-refractivity contribution in [2.75, 3.05) is 19.6 Å². The Morgan fingerprint density at radius 1 is 1.20 bits per heavy atom. The van der Waals surface area contributed by atoms with Gasteiger partial charge in [-0.3, -0.25) is 9.48 Å². The van der Waals surface area contributed by atoms with Gasteiger partial charge in [-0.1, -0.05) is 30.3 Å². The smallest absolute Gasteiger partial charge is 0.315 e. The average molecular weight is 339 g/mol. The predicted molar refractivity (Wildman–Crippen MR) is 93.0 cm³/mol. The molecular weight excluding hydrogens is 318 g/mol. The molecule has 3 amide bonds. The minimum Gasteiger partial charge on any atom is -0.340 e. The number of fused-ring (bicyclic) bond motifs is 1. The normalized spacial score (nSPS) is 19.8. The number of carbonyl (C=O) groups excluding carboxylic acids is 2. The Morgan fingerprint density at radius 2 is 1.96 bits per heavy atom. The number of nitrogens with one attached hydrogen (secondary N) is 2. The predicted octanol–water partition coefficient (Wildman–Crippen LogP) is 0.696.